The molecule has 0 bridgehead atoms. The Morgan fingerprint density at radius 1 is 1.17 bits per heavy atom. The predicted octanol–water partition coefficient (Wildman–Crippen LogP) is 2.83. The zero-order chi connectivity index (χ0) is 15.9. The summed E-state index contributed by atoms with van der Waals surface area (Å²) in [5.41, 5.74) is 0.930. The molecule has 0 saturated carbocycles. The summed E-state index contributed by atoms with van der Waals surface area (Å²) in [5, 5.41) is 7.10. The largest absolute Gasteiger partial charge is 0.497 e. The van der Waals surface area contributed by atoms with E-state index in [9.17, 15) is 0 Å². The summed E-state index contributed by atoms with van der Waals surface area (Å²) in [5.74, 6) is 2.62. The standard InChI is InChI=1S/C16H21N3O3.ClH/c1-11(17-2)7-15-18-16(22-19-15)6-5-12-8-13(20-3)10-14(9-12)21-4;/h5-6,8-11,17H,7H2,1-4H3;1H/b6-5+;. The highest BCUT2D eigenvalue weighted by Crippen LogP contribution is 2.23. The molecule has 0 spiro atoms. The van der Waals surface area contributed by atoms with Crippen molar-refractivity contribution in [3.8, 4) is 11.5 Å². The van der Waals surface area contributed by atoms with Crippen LogP contribution in [0.2, 0.25) is 0 Å². The number of ether oxygens (including phenoxy) is 2. The van der Waals surface area contributed by atoms with Crippen molar-refractivity contribution in [1.82, 2.24) is 15.5 Å². The molecule has 126 valence electrons. The molecule has 1 heterocycles. The van der Waals surface area contributed by atoms with Crippen LogP contribution in [0, 0.1) is 0 Å². The smallest absolute Gasteiger partial charge is 0.250 e. The molecule has 2 rings (SSSR count). The van der Waals surface area contributed by atoms with Crippen LogP contribution in [0.3, 0.4) is 0 Å². The molecule has 1 unspecified atom stereocenters. The monoisotopic (exact) mass is 339 g/mol. The molecule has 7 heteroatoms. The summed E-state index contributed by atoms with van der Waals surface area (Å²) in [4.78, 5) is 4.33. The topological polar surface area (TPSA) is 69.4 Å². The maximum absolute atomic E-state index is 5.24. The van der Waals surface area contributed by atoms with E-state index in [1.54, 1.807) is 20.3 Å². The first-order valence-corrected chi connectivity index (χ1v) is 7.05. The Bertz CT molecular complexity index is 621. The van der Waals surface area contributed by atoms with Crippen LogP contribution in [0.4, 0.5) is 0 Å². The van der Waals surface area contributed by atoms with Crippen LogP contribution in [0.15, 0.2) is 22.7 Å². The predicted molar refractivity (Wildman–Crippen MR) is 92.2 cm³/mol. The lowest BCUT2D eigenvalue weighted by Gasteiger charge is -2.05. The first kappa shape index (κ1) is 19.0. The highest BCUT2D eigenvalue weighted by Gasteiger charge is 2.07. The number of hydrogen-bond donors (Lipinski definition) is 1. The van der Waals surface area contributed by atoms with Crippen molar-refractivity contribution in [3.63, 3.8) is 0 Å². The number of aromatic nitrogens is 2. The van der Waals surface area contributed by atoms with Gasteiger partial charge >= 0.3 is 0 Å². The summed E-state index contributed by atoms with van der Waals surface area (Å²) in [6.45, 7) is 2.06. The van der Waals surface area contributed by atoms with E-state index in [2.05, 4.69) is 22.4 Å². The SMILES string of the molecule is CNC(C)Cc1noc(/C=C/c2cc(OC)cc(OC)c2)n1.Cl. The average Bonchev–Trinajstić information content (AvgIpc) is 2.99. The van der Waals surface area contributed by atoms with E-state index in [0.717, 1.165) is 23.5 Å². The second kappa shape index (κ2) is 9.17. The Kier molecular flexibility index (Phi) is 7.57. The number of benzene rings is 1. The third-order valence-electron chi connectivity index (χ3n) is 3.26. The lowest BCUT2D eigenvalue weighted by molar-refractivity contribution is 0.394. The molecule has 0 aliphatic rings. The van der Waals surface area contributed by atoms with E-state index in [-0.39, 0.29) is 12.4 Å². The number of halogens is 1. The highest BCUT2D eigenvalue weighted by molar-refractivity contribution is 5.85. The Morgan fingerprint density at radius 3 is 2.39 bits per heavy atom. The Morgan fingerprint density at radius 2 is 1.83 bits per heavy atom. The molecule has 0 aliphatic carbocycles. The van der Waals surface area contributed by atoms with Crippen LogP contribution in [0.5, 0.6) is 11.5 Å². The lowest BCUT2D eigenvalue weighted by atomic mass is 10.2. The van der Waals surface area contributed by atoms with Gasteiger partial charge in [0.2, 0.25) is 0 Å². The second-order valence-corrected chi connectivity index (χ2v) is 4.92. The zero-order valence-electron chi connectivity index (χ0n) is 13.7. The van der Waals surface area contributed by atoms with Crippen molar-refractivity contribution in [2.75, 3.05) is 21.3 Å². The molecule has 0 amide bonds. The first-order valence-electron chi connectivity index (χ1n) is 7.05. The van der Waals surface area contributed by atoms with Crippen molar-refractivity contribution in [1.29, 1.82) is 0 Å². The van der Waals surface area contributed by atoms with Gasteiger partial charge in [-0.25, -0.2) is 0 Å². The van der Waals surface area contributed by atoms with E-state index >= 15 is 0 Å². The molecular formula is C16H22ClN3O3. The van der Waals surface area contributed by atoms with Crippen LogP contribution in [-0.4, -0.2) is 37.4 Å². The van der Waals surface area contributed by atoms with Crippen LogP contribution >= 0.6 is 12.4 Å². The van der Waals surface area contributed by atoms with E-state index in [0.29, 0.717) is 17.8 Å². The van der Waals surface area contributed by atoms with Gasteiger partial charge in [-0.15, -0.1) is 12.4 Å². The number of hydrogen-bond acceptors (Lipinski definition) is 6. The Hall–Kier alpha value is -2.05. The van der Waals surface area contributed by atoms with Gasteiger partial charge in [0.05, 0.1) is 14.2 Å². The fourth-order valence-electron chi connectivity index (χ4n) is 1.89. The Balaban J connectivity index is 0.00000264. The third-order valence-corrected chi connectivity index (χ3v) is 3.26. The van der Waals surface area contributed by atoms with Gasteiger partial charge in [-0.1, -0.05) is 5.16 Å². The van der Waals surface area contributed by atoms with Crippen molar-refractivity contribution >= 4 is 24.6 Å². The summed E-state index contributed by atoms with van der Waals surface area (Å²) in [6, 6.07) is 5.93. The molecule has 0 radical (unpaired) electrons. The minimum atomic E-state index is 0. The van der Waals surface area contributed by atoms with Crippen LogP contribution < -0.4 is 14.8 Å². The summed E-state index contributed by atoms with van der Waals surface area (Å²) in [6.07, 6.45) is 4.37. The van der Waals surface area contributed by atoms with Crippen LogP contribution in [0.25, 0.3) is 12.2 Å². The average molecular weight is 340 g/mol. The van der Waals surface area contributed by atoms with Gasteiger partial charge in [-0.2, -0.15) is 4.98 Å². The summed E-state index contributed by atoms with van der Waals surface area (Å²) >= 11 is 0. The molecule has 0 saturated heterocycles. The molecule has 0 aliphatic heterocycles. The van der Waals surface area contributed by atoms with Gasteiger partial charge in [-0.3, -0.25) is 0 Å². The third kappa shape index (κ3) is 5.58. The normalized spacial score (nSPS) is 12.0. The fraction of sp³-hybridized carbons (Fsp3) is 0.375. The zero-order valence-corrected chi connectivity index (χ0v) is 14.5. The quantitative estimate of drug-likeness (QED) is 0.836. The fourth-order valence-corrected chi connectivity index (χ4v) is 1.89. The summed E-state index contributed by atoms with van der Waals surface area (Å²) in [7, 11) is 5.15. The van der Waals surface area contributed by atoms with E-state index in [4.69, 9.17) is 14.0 Å². The molecule has 6 nitrogen and oxygen atoms in total. The molecular weight excluding hydrogens is 318 g/mol. The minimum Gasteiger partial charge on any atom is -0.497 e. The molecule has 1 atom stereocenters. The van der Waals surface area contributed by atoms with Crippen molar-refractivity contribution in [2.45, 2.75) is 19.4 Å². The molecule has 1 aromatic heterocycles. The van der Waals surface area contributed by atoms with Gasteiger partial charge in [-0.05, 0) is 37.7 Å². The second-order valence-electron chi connectivity index (χ2n) is 4.92. The van der Waals surface area contributed by atoms with Crippen molar-refractivity contribution in [3.05, 3.63) is 35.5 Å². The number of methoxy groups -OCH3 is 2. The number of nitrogens with zero attached hydrogens (tertiary/aromatic N) is 2. The van der Waals surface area contributed by atoms with Gasteiger partial charge in [0.1, 0.15) is 11.5 Å². The van der Waals surface area contributed by atoms with Gasteiger partial charge in [0, 0.05) is 24.6 Å². The van der Waals surface area contributed by atoms with Gasteiger partial charge in [0.15, 0.2) is 5.82 Å². The van der Waals surface area contributed by atoms with Crippen molar-refractivity contribution in [2.24, 2.45) is 0 Å². The number of nitrogens with one attached hydrogen (secondary N) is 1. The molecule has 1 N–H and O–H groups in total. The number of likely N-dealkylation sites (N-methyl/N-ethyl adjacent to an activating group) is 1. The van der Waals surface area contributed by atoms with Crippen LogP contribution in [-0.2, 0) is 6.42 Å². The minimum absolute atomic E-state index is 0. The molecule has 1 aromatic carbocycles. The molecule has 2 aromatic rings. The lowest BCUT2D eigenvalue weighted by Crippen LogP contribution is -2.24. The highest BCUT2D eigenvalue weighted by atomic mass is 35.5. The Labute approximate surface area is 142 Å². The van der Waals surface area contributed by atoms with Crippen LogP contribution in [0.1, 0.15) is 24.2 Å². The van der Waals surface area contributed by atoms with Gasteiger partial charge < -0.3 is 19.3 Å². The van der Waals surface area contributed by atoms with E-state index in [1.165, 1.54) is 0 Å². The van der Waals surface area contributed by atoms with E-state index < -0.39 is 0 Å². The van der Waals surface area contributed by atoms with Crippen molar-refractivity contribution < 1.29 is 14.0 Å². The van der Waals surface area contributed by atoms with Gasteiger partial charge in [0.25, 0.3) is 5.89 Å². The maximum Gasteiger partial charge on any atom is 0.250 e. The first-order chi connectivity index (χ1) is 10.6. The van der Waals surface area contributed by atoms with E-state index in [1.807, 2.05) is 31.3 Å². The molecule has 23 heavy (non-hydrogen) atoms. The summed E-state index contributed by atoms with van der Waals surface area (Å²) < 4.78 is 15.7. The maximum atomic E-state index is 5.24. The molecule has 0 fully saturated rings. The number of rotatable bonds is 7.